The molecule has 8 heteroatoms. The van der Waals surface area contributed by atoms with Crippen LogP contribution in [0.2, 0.25) is 0 Å². The van der Waals surface area contributed by atoms with E-state index in [0.29, 0.717) is 38.3 Å². The van der Waals surface area contributed by atoms with E-state index in [9.17, 15) is 13.2 Å². The topological polar surface area (TPSA) is 66.9 Å². The summed E-state index contributed by atoms with van der Waals surface area (Å²) in [6.07, 6.45) is 1.83. The molecule has 1 aliphatic heterocycles. The molecule has 0 saturated carbocycles. The summed E-state index contributed by atoms with van der Waals surface area (Å²) in [5.74, 6) is 0.502. The molecule has 0 atom stereocenters. The van der Waals surface area contributed by atoms with Crippen LogP contribution in [0.1, 0.15) is 6.42 Å². The summed E-state index contributed by atoms with van der Waals surface area (Å²) < 4.78 is 30.9. The van der Waals surface area contributed by atoms with Gasteiger partial charge in [-0.05, 0) is 30.7 Å². The number of nitrogens with zero attached hydrogens (tertiary/aromatic N) is 2. The highest BCUT2D eigenvalue weighted by molar-refractivity contribution is 9.10. The Morgan fingerprint density at radius 1 is 1.18 bits per heavy atom. The molecule has 1 aromatic rings. The van der Waals surface area contributed by atoms with Gasteiger partial charge in [0, 0.05) is 30.7 Å². The fourth-order valence-electron chi connectivity index (χ4n) is 2.24. The summed E-state index contributed by atoms with van der Waals surface area (Å²) in [6, 6.07) is 7.25. The van der Waals surface area contributed by atoms with E-state index in [0.717, 1.165) is 4.47 Å². The van der Waals surface area contributed by atoms with Gasteiger partial charge >= 0.3 is 0 Å². The van der Waals surface area contributed by atoms with Crippen LogP contribution < -0.4 is 4.74 Å². The molecule has 0 aliphatic carbocycles. The minimum atomic E-state index is -3.20. The van der Waals surface area contributed by atoms with Crippen molar-refractivity contribution in [3.63, 3.8) is 0 Å². The quantitative estimate of drug-likeness (QED) is 0.777. The third-order valence-electron chi connectivity index (χ3n) is 3.45. The van der Waals surface area contributed by atoms with Crippen molar-refractivity contribution in [2.75, 3.05) is 39.0 Å². The molecule has 0 spiro atoms. The highest BCUT2D eigenvalue weighted by atomic mass is 79.9. The number of hydrogen-bond acceptors (Lipinski definition) is 4. The number of hydrogen-bond donors (Lipinski definition) is 0. The highest BCUT2D eigenvalue weighted by Crippen LogP contribution is 2.16. The van der Waals surface area contributed by atoms with E-state index in [1.807, 2.05) is 12.1 Å². The number of halogens is 1. The van der Waals surface area contributed by atoms with Crippen molar-refractivity contribution in [2.45, 2.75) is 6.42 Å². The lowest BCUT2D eigenvalue weighted by atomic mass is 10.3. The first-order valence-corrected chi connectivity index (χ1v) is 9.61. The van der Waals surface area contributed by atoms with Crippen molar-refractivity contribution in [1.29, 1.82) is 0 Å². The van der Waals surface area contributed by atoms with Gasteiger partial charge in [0.1, 0.15) is 5.75 Å². The van der Waals surface area contributed by atoms with E-state index in [1.54, 1.807) is 17.0 Å². The molecule has 1 aliphatic rings. The Kier molecular flexibility index (Phi) is 5.82. The molecule has 0 N–H and O–H groups in total. The minimum absolute atomic E-state index is 0.0412. The fraction of sp³-hybridized carbons (Fsp3) is 0.500. The predicted molar refractivity (Wildman–Crippen MR) is 87.3 cm³/mol. The van der Waals surface area contributed by atoms with E-state index < -0.39 is 10.0 Å². The zero-order valence-electron chi connectivity index (χ0n) is 12.4. The van der Waals surface area contributed by atoms with Crippen LogP contribution >= 0.6 is 15.9 Å². The molecular weight excluding hydrogens is 372 g/mol. The van der Waals surface area contributed by atoms with Crippen molar-refractivity contribution < 1.29 is 17.9 Å². The van der Waals surface area contributed by atoms with Crippen molar-refractivity contribution in [3.05, 3.63) is 28.7 Å². The molecule has 1 heterocycles. The monoisotopic (exact) mass is 390 g/mol. The van der Waals surface area contributed by atoms with E-state index in [-0.39, 0.29) is 12.5 Å². The minimum Gasteiger partial charge on any atom is -0.484 e. The van der Waals surface area contributed by atoms with Gasteiger partial charge in [0.25, 0.3) is 5.91 Å². The molecule has 0 bridgehead atoms. The summed E-state index contributed by atoms with van der Waals surface area (Å²) in [7, 11) is -3.20. The SMILES string of the molecule is CS(=O)(=O)N1CCCN(C(=O)COc2ccc(Br)cc2)CC1. The first-order chi connectivity index (χ1) is 10.4. The molecule has 0 radical (unpaired) electrons. The second kappa shape index (κ2) is 7.43. The normalized spacial score (nSPS) is 17.1. The lowest BCUT2D eigenvalue weighted by molar-refractivity contribution is -0.133. The first-order valence-electron chi connectivity index (χ1n) is 6.97. The van der Waals surface area contributed by atoms with Gasteiger partial charge in [-0.25, -0.2) is 12.7 Å². The zero-order valence-corrected chi connectivity index (χ0v) is 14.8. The lowest BCUT2D eigenvalue weighted by Crippen LogP contribution is -2.39. The maximum absolute atomic E-state index is 12.2. The van der Waals surface area contributed by atoms with Crippen LogP contribution in [-0.2, 0) is 14.8 Å². The van der Waals surface area contributed by atoms with Crippen LogP contribution in [0.4, 0.5) is 0 Å². The summed E-state index contributed by atoms with van der Waals surface area (Å²) in [5, 5.41) is 0. The van der Waals surface area contributed by atoms with E-state index >= 15 is 0 Å². The zero-order chi connectivity index (χ0) is 16.2. The third kappa shape index (κ3) is 4.96. The summed E-state index contributed by atoms with van der Waals surface area (Å²) in [6.45, 7) is 1.70. The van der Waals surface area contributed by atoms with Gasteiger partial charge in [-0.1, -0.05) is 15.9 Å². The van der Waals surface area contributed by atoms with Crippen LogP contribution in [0.3, 0.4) is 0 Å². The van der Waals surface area contributed by atoms with Gasteiger partial charge in [0.2, 0.25) is 10.0 Å². The van der Waals surface area contributed by atoms with Crippen molar-refractivity contribution in [2.24, 2.45) is 0 Å². The van der Waals surface area contributed by atoms with Crippen LogP contribution in [-0.4, -0.2) is 62.6 Å². The van der Waals surface area contributed by atoms with Gasteiger partial charge in [-0.2, -0.15) is 0 Å². The number of rotatable bonds is 4. The van der Waals surface area contributed by atoms with Crippen molar-refractivity contribution in [3.8, 4) is 5.75 Å². The van der Waals surface area contributed by atoms with Crippen LogP contribution in [0.5, 0.6) is 5.75 Å². The fourth-order valence-corrected chi connectivity index (χ4v) is 3.38. The second-order valence-corrected chi connectivity index (χ2v) is 8.04. The van der Waals surface area contributed by atoms with E-state index in [4.69, 9.17) is 4.74 Å². The summed E-state index contributed by atoms with van der Waals surface area (Å²) in [5.41, 5.74) is 0. The first kappa shape index (κ1) is 17.2. The molecule has 0 unspecified atom stereocenters. The predicted octanol–water partition coefficient (Wildman–Crippen LogP) is 1.32. The van der Waals surface area contributed by atoms with Gasteiger partial charge in [0.15, 0.2) is 6.61 Å². The molecular formula is C14H19BrN2O4S. The van der Waals surface area contributed by atoms with Crippen molar-refractivity contribution >= 4 is 31.9 Å². The molecule has 122 valence electrons. The number of amides is 1. The highest BCUT2D eigenvalue weighted by Gasteiger charge is 2.23. The molecule has 1 saturated heterocycles. The average Bonchev–Trinajstić information content (AvgIpc) is 2.72. The molecule has 1 fully saturated rings. The molecule has 1 amide bonds. The Labute approximate surface area is 139 Å². The Hall–Kier alpha value is -1.12. The average molecular weight is 391 g/mol. The Morgan fingerprint density at radius 2 is 1.86 bits per heavy atom. The molecule has 22 heavy (non-hydrogen) atoms. The van der Waals surface area contributed by atoms with E-state index in [2.05, 4.69) is 15.9 Å². The van der Waals surface area contributed by atoms with E-state index in [1.165, 1.54) is 10.6 Å². The Morgan fingerprint density at radius 3 is 2.50 bits per heavy atom. The standard InChI is InChI=1S/C14H19BrN2O4S/c1-22(19,20)17-8-2-7-16(9-10-17)14(18)11-21-13-5-3-12(15)4-6-13/h3-6H,2,7-11H2,1H3. The molecule has 0 aromatic heterocycles. The molecule has 6 nitrogen and oxygen atoms in total. The molecule has 1 aromatic carbocycles. The maximum Gasteiger partial charge on any atom is 0.260 e. The summed E-state index contributed by atoms with van der Waals surface area (Å²) in [4.78, 5) is 13.8. The largest absolute Gasteiger partial charge is 0.484 e. The molecule has 2 rings (SSSR count). The van der Waals surface area contributed by atoms with Crippen LogP contribution in [0.15, 0.2) is 28.7 Å². The smallest absolute Gasteiger partial charge is 0.260 e. The van der Waals surface area contributed by atoms with Gasteiger partial charge < -0.3 is 9.64 Å². The number of ether oxygens (including phenoxy) is 1. The Balaban J connectivity index is 1.86. The van der Waals surface area contributed by atoms with Gasteiger partial charge in [-0.3, -0.25) is 4.79 Å². The number of carbonyl (C=O) groups excluding carboxylic acids is 1. The van der Waals surface area contributed by atoms with Gasteiger partial charge in [0.05, 0.1) is 6.26 Å². The summed E-state index contributed by atoms with van der Waals surface area (Å²) >= 11 is 3.33. The van der Waals surface area contributed by atoms with Crippen LogP contribution in [0, 0.1) is 0 Å². The second-order valence-electron chi connectivity index (χ2n) is 5.14. The van der Waals surface area contributed by atoms with Gasteiger partial charge in [-0.15, -0.1) is 0 Å². The third-order valence-corrected chi connectivity index (χ3v) is 5.28. The lowest BCUT2D eigenvalue weighted by Gasteiger charge is -2.21. The number of carbonyl (C=O) groups is 1. The number of sulfonamides is 1. The van der Waals surface area contributed by atoms with Crippen LogP contribution in [0.25, 0.3) is 0 Å². The number of benzene rings is 1. The Bertz CT molecular complexity index is 618. The maximum atomic E-state index is 12.2. The van der Waals surface area contributed by atoms with Crippen molar-refractivity contribution in [1.82, 2.24) is 9.21 Å².